The van der Waals surface area contributed by atoms with Gasteiger partial charge in [-0.05, 0) is 6.92 Å². The number of ketones is 1. The highest BCUT2D eigenvalue weighted by Gasteiger charge is 2.14. The summed E-state index contributed by atoms with van der Waals surface area (Å²) in [6.45, 7) is 2.09. The Kier molecular flexibility index (Phi) is 3.53. The fourth-order valence-corrected chi connectivity index (χ4v) is 1.60. The third-order valence-corrected chi connectivity index (χ3v) is 2.31. The Balaban J connectivity index is 2.73. The van der Waals surface area contributed by atoms with Gasteiger partial charge in [0.05, 0.1) is 12.6 Å². The summed E-state index contributed by atoms with van der Waals surface area (Å²) in [6, 6.07) is -0.488. The molecule has 0 spiro atoms. The molecule has 5 heteroatoms. The monoisotopic (exact) mass is 200 g/mol. The van der Waals surface area contributed by atoms with Crippen molar-refractivity contribution in [1.82, 2.24) is 4.98 Å². The van der Waals surface area contributed by atoms with Crippen molar-refractivity contribution in [2.24, 2.45) is 5.73 Å². The van der Waals surface area contributed by atoms with E-state index in [2.05, 4.69) is 4.98 Å². The molecular weight excluding hydrogens is 188 g/mol. The predicted octanol–water partition coefficient (Wildman–Crippen LogP) is 0.819. The van der Waals surface area contributed by atoms with Crippen molar-refractivity contribution in [3.63, 3.8) is 0 Å². The third kappa shape index (κ3) is 2.58. The molecule has 1 rings (SSSR count). The number of methoxy groups -OCH3 is 1. The van der Waals surface area contributed by atoms with Crippen LogP contribution in [0.15, 0.2) is 5.38 Å². The molecule has 1 aromatic rings. The molecule has 0 radical (unpaired) electrons. The lowest BCUT2D eigenvalue weighted by molar-refractivity contribution is 0.0963. The number of nitrogens with two attached hydrogens (primary N) is 1. The number of aromatic nitrogens is 1. The highest BCUT2D eigenvalue weighted by atomic mass is 32.1. The van der Waals surface area contributed by atoms with E-state index in [1.807, 2.05) is 0 Å². The fraction of sp³-hybridized carbons (Fsp3) is 0.500. The molecule has 0 aliphatic rings. The zero-order valence-electron chi connectivity index (χ0n) is 7.61. The van der Waals surface area contributed by atoms with Gasteiger partial charge in [-0.3, -0.25) is 4.79 Å². The van der Waals surface area contributed by atoms with Gasteiger partial charge < -0.3 is 10.5 Å². The molecule has 0 aromatic carbocycles. The highest BCUT2D eigenvalue weighted by Crippen LogP contribution is 2.11. The first-order valence-corrected chi connectivity index (χ1v) is 4.76. The molecule has 2 N–H and O–H groups in total. The lowest BCUT2D eigenvalue weighted by Gasteiger charge is -1.98. The zero-order valence-corrected chi connectivity index (χ0v) is 8.43. The minimum atomic E-state index is -0.488. The molecule has 0 aliphatic heterocycles. The second-order valence-electron chi connectivity index (χ2n) is 2.71. The topological polar surface area (TPSA) is 65.2 Å². The Bertz CT molecular complexity index is 296. The van der Waals surface area contributed by atoms with E-state index in [0.29, 0.717) is 12.3 Å². The third-order valence-electron chi connectivity index (χ3n) is 1.49. The van der Waals surface area contributed by atoms with Crippen LogP contribution in [-0.4, -0.2) is 23.9 Å². The van der Waals surface area contributed by atoms with Gasteiger partial charge in [0.1, 0.15) is 10.7 Å². The molecule has 0 bridgehead atoms. The van der Waals surface area contributed by atoms with Gasteiger partial charge in [-0.1, -0.05) is 0 Å². The van der Waals surface area contributed by atoms with Gasteiger partial charge >= 0.3 is 0 Å². The van der Waals surface area contributed by atoms with Crippen molar-refractivity contribution in [2.75, 3.05) is 7.11 Å². The second-order valence-corrected chi connectivity index (χ2v) is 3.66. The van der Waals surface area contributed by atoms with E-state index in [-0.39, 0.29) is 5.78 Å². The van der Waals surface area contributed by atoms with E-state index in [1.54, 1.807) is 19.4 Å². The van der Waals surface area contributed by atoms with Crippen molar-refractivity contribution in [1.29, 1.82) is 0 Å². The molecule has 0 amide bonds. The Morgan fingerprint density at radius 1 is 1.85 bits per heavy atom. The number of nitrogens with zero attached hydrogens (tertiary/aromatic N) is 1. The molecule has 0 saturated heterocycles. The van der Waals surface area contributed by atoms with Gasteiger partial charge in [0.2, 0.25) is 0 Å². The van der Waals surface area contributed by atoms with Crippen LogP contribution in [0.4, 0.5) is 0 Å². The van der Waals surface area contributed by atoms with E-state index >= 15 is 0 Å². The highest BCUT2D eigenvalue weighted by molar-refractivity contribution is 7.09. The van der Waals surface area contributed by atoms with Gasteiger partial charge in [-0.2, -0.15) is 0 Å². The molecule has 72 valence electrons. The summed E-state index contributed by atoms with van der Waals surface area (Å²) in [7, 11) is 1.59. The average molecular weight is 200 g/mol. The summed E-state index contributed by atoms with van der Waals surface area (Å²) >= 11 is 1.41. The first-order chi connectivity index (χ1) is 6.15. The van der Waals surface area contributed by atoms with Crippen LogP contribution in [-0.2, 0) is 11.3 Å². The Morgan fingerprint density at radius 2 is 2.54 bits per heavy atom. The molecule has 0 fully saturated rings. The van der Waals surface area contributed by atoms with E-state index in [1.165, 1.54) is 11.3 Å². The maximum absolute atomic E-state index is 11.3. The number of hydrogen-bond acceptors (Lipinski definition) is 5. The summed E-state index contributed by atoms with van der Waals surface area (Å²) in [4.78, 5) is 15.4. The number of ether oxygens (including phenoxy) is 1. The minimum Gasteiger partial charge on any atom is -0.378 e. The molecule has 0 saturated carbocycles. The van der Waals surface area contributed by atoms with E-state index in [0.717, 1.165) is 5.01 Å². The van der Waals surface area contributed by atoms with Crippen LogP contribution in [0.1, 0.15) is 22.4 Å². The molecule has 1 unspecified atom stereocenters. The first-order valence-electron chi connectivity index (χ1n) is 3.88. The van der Waals surface area contributed by atoms with Crippen molar-refractivity contribution in [3.05, 3.63) is 16.1 Å². The van der Waals surface area contributed by atoms with Gasteiger partial charge in [0, 0.05) is 12.5 Å². The fourth-order valence-electron chi connectivity index (χ4n) is 0.847. The lowest BCUT2D eigenvalue weighted by atomic mass is 10.2. The molecule has 1 atom stereocenters. The Hall–Kier alpha value is -0.780. The van der Waals surface area contributed by atoms with Crippen molar-refractivity contribution in [3.8, 4) is 0 Å². The Morgan fingerprint density at radius 3 is 3.08 bits per heavy atom. The number of thiazole rings is 1. The number of carbonyl (C=O) groups excluding carboxylic acids is 1. The average Bonchev–Trinajstić information content (AvgIpc) is 2.52. The smallest absolute Gasteiger partial charge is 0.198 e. The first kappa shape index (κ1) is 10.3. The number of carbonyl (C=O) groups is 1. The Labute approximate surface area is 80.7 Å². The van der Waals surface area contributed by atoms with Crippen molar-refractivity contribution >= 4 is 17.1 Å². The lowest BCUT2D eigenvalue weighted by Crippen LogP contribution is -2.26. The number of rotatable bonds is 4. The SMILES string of the molecule is COCc1nc(C(=O)C(C)N)cs1. The summed E-state index contributed by atoms with van der Waals surface area (Å²) in [5.74, 6) is -0.126. The van der Waals surface area contributed by atoms with E-state index < -0.39 is 6.04 Å². The summed E-state index contributed by atoms with van der Waals surface area (Å²) < 4.78 is 4.89. The van der Waals surface area contributed by atoms with Crippen LogP contribution >= 0.6 is 11.3 Å². The van der Waals surface area contributed by atoms with E-state index in [4.69, 9.17) is 10.5 Å². The standard InChI is InChI=1S/C8H12N2O2S/c1-5(9)8(11)6-4-13-7(10-6)3-12-2/h4-5H,3,9H2,1-2H3. The maximum atomic E-state index is 11.3. The summed E-state index contributed by atoms with van der Waals surface area (Å²) in [5, 5.41) is 2.51. The van der Waals surface area contributed by atoms with Crippen molar-refractivity contribution in [2.45, 2.75) is 19.6 Å². The van der Waals surface area contributed by atoms with Crippen LogP contribution in [0.5, 0.6) is 0 Å². The van der Waals surface area contributed by atoms with Crippen LogP contribution in [0.2, 0.25) is 0 Å². The normalized spacial score (nSPS) is 12.8. The zero-order chi connectivity index (χ0) is 9.84. The van der Waals surface area contributed by atoms with Gasteiger partial charge in [0.25, 0.3) is 0 Å². The van der Waals surface area contributed by atoms with Crippen LogP contribution in [0.25, 0.3) is 0 Å². The molecule has 1 aromatic heterocycles. The van der Waals surface area contributed by atoms with Crippen molar-refractivity contribution < 1.29 is 9.53 Å². The van der Waals surface area contributed by atoms with Gasteiger partial charge in [-0.25, -0.2) is 4.98 Å². The number of hydrogen-bond donors (Lipinski definition) is 1. The molecule has 1 heterocycles. The molecular formula is C8H12N2O2S. The largest absolute Gasteiger partial charge is 0.378 e. The molecule has 4 nitrogen and oxygen atoms in total. The summed E-state index contributed by atoms with van der Waals surface area (Å²) in [5.41, 5.74) is 5.87. The van der Waals surface area contributed by atoms with E-state index in [9.17, 15) is 4.79 Å². The molecule has 13 heavy (non-hydrogen) atoms. The van der Waals surface area contributed by atoms with Crippen LogP contribution < -0.4 is 5.73 Å². The predicted molar refractivity (Wildman–Crippen MR) is 50.8 cm³/mol. The van der Waals surface area contributed by atoms with Gasteiger partial charge in [0.15, 0.2) is 5.78 Å². The molecule has 0 aliphatic carbocycles. The second kappa shape index (κ2) is 4.45. The quantitative estimate of drug-likeness (QED) is 0.731. The van der Waals surface area contributed by atoms with Crippen LogP contribution in [0.3, 0.4) is 0 Å². The number of Topliss-reactive ketones (excluding diaryl/α,β-unsaturated/α-hetero) is 1. The maximum Gasteiger partial charge on any atom is 0.198 e. The van der Waals surface area contributed by atoms with Crippen LogP contribution in [0, 0.1) is 0 Å². The minimum absolute atomic E-state index is 0.126. The van der Waals surface area contributed by atoms with Gasteiger partial charge in [-0.15, -0.1) is 11.3 Å². The summed E-state index contributed by atoms with van der Waals surface area (Å²) in [6.07, 6.45) is 0.